The van der Waals surface area contributed by atoms with Crippen molar-refractivity contribution in [1.82, 2.24) is 5.32 Å². The number of hydrogen-bond donors (Lipinski definition) is 1. The maximum Gasteiger partial charge on any atom is 0.409 e. The van der Waals surface area contributed by atoms with Crippen molar-refractivity contribution in [2.24, 2.45) is 0 Å². The highest BCUT2D eigenvalue weighted by atomic mass is 16.6. The van der Waals surface area contributed by atoms with Crippen molar-refractivity contribution in [2.75, 3.05) is 19.8 Å². The first-order valence-corrected chi connectivity index (χ1v) is 9.50. The average molecular weight is 424 g/mol. The number of nitro groups is 1. The van der Waals surface area contributed by atoms with Crippen molar-refractivity contribution >= 4 is 18.0 Å². The van der Waals surface area contributed by atoms with Crippen LogP contribution in [0.4, 0.5) is 4.79 Å². The molecule has 10 heteroatoms. The van der Waals surface area contributed by atoms with E-state index in [1.54, 1.807) is 39.0 Å². The van der Waals surface area contributed by atoms with Gasteiger partial charge in [0.15, 0.2) is 0 Å². The predicted molar refractivity (Wildman–Crippen MR) is 106 cm³/mol. The number of amides is 1. The van der Waals surface area contributed by atoms with Crippen LogP contribution in [0.1, 0.15) is 46.1 Å². The van der Waals surface area contributed by atoms with E-state index >= 15 is 0 Å². The lowest BCUT2D eigenvalue weighted by atomic mass is 9.78. The monoisotopic (exact) mass is 424 g/mol. The van der Waals surface area contributed by atoms with Crippen LogP contribution >= 0.6 is 0 Å². The molecule has 1 aromatic carbocycles. The first kappa shape index (κ1) is 24.9. The van der Waals surface area contributed by atoms with Crippen LogP contribution in [-0.4, -0.2) is 53.9 Å². The third-order valence-corrected chi connectivity index (χ3v) is 3.95. The van der Waals surface area contributed by atoms with Crippen LogP contribution in [-0.2, 0) is 23.8 Å². The van der Waals surface area contributed by atoms with Gasteiger partial charge < -0.3 is 14.2 Å². The molecule has 1 atom stereocenters. The Morgan fingerprint density at radius 2 is 1.53 bits per heavy atom. The largest absolute Gasteiger partial charge is 0.464 e. The lowest BCUT2D eigenvalue weighted by Crippen LogP contribution is -2.66. The molecule has 0 bridgehead atoms. The summed E-state index contributed by atoms with van der Waals surface area (Å²) in [6, 6.07) is 7.88. The summed E-state index contributed by atoms with van der Waals surface area (Å²) in [7, 11) is 0. The Morgan fingerprint density at radius 1 is 1.03 bits per heavy atom. The zero-order chi connectivity index (χ0) is 22.9. The van der Waals surface area contributed by atoms with Crippen LogP contribution in [0.25, 0.3) is 0 Å². The van der Waals surface area contributed by atoms with Gasteiger partial charge in [-0.1, -0.05) is 30.3 Å². The highest BCUT2D eigenvalue weighted by Crippen LogP contribution is 2.32. The van der Waals surface area contributed by atoms with Crippen LogP contribution in [0, 0.1) is 10.1 Å². The van der Waals surface area contributed by atoms with Gasteiger partial charge in [0.25, 0.3) is 5.54 Å². The number of ether oxygens (including phenoxy) is 3. The highest BCUT2D eigenvalue weighted by molar-refractivity contribution is 6.08. The van der Waals surface area contributed by atoms with Crippen LogP contribution in [0.15, 0.2) is 30.3 Å². The smallest absolute Gasteiger partial charge is 0.409 e. The molecule has 0 unspecified atom stereocenters. The summed E-state index contributed by atoms with van der Waals surface area (Å²) in [5, 5.41) is 13.7. The highest BCUT2D eigenvalue weighted by Gasteiger charge is 2.59. The maximum atomic E-state index is 13.1. The molecule has 30 heavy (non-hydrogen) atoms. The molecule has 0 aliphatic rings. The Hall–Kier alpha value is -3.17. The number of nitrogens with one attached hydrogen (secondary N) is 1. The van der Waals surface area contributed by atoms with Gasteiger partial charge in [-0.25, -0.2) is 14.4 Å². The molecule has 0 aromatic heterocycles. The van der Waals surface area contributed by atoms with Crippen LogP contribution in [0.3, 0.4) is 0 Å². The number of hydrogen-bond acceptors (Lipinski definition) is 8. The summed E-state index contributed by atoms with van der Waals surface area (Å²) in [6.45, 7) is 6.68. The van der Waals surface area contributed by atoms with E-state index in [0.29, 0.717) is 0 Å². The fourth-order valence-electron chi connectivity index (χ4n) is 2.84. The molecule has 1 rings (SSSR count). The maximum absolute atomic E-state index is 13.1. The van der Waals surface area contributed by atoms with Gasteiger partial charge in [0.05, 0.1) is 19.1 Å². The molecule has 0 saturated heterocycles. The molecule has 1 N–H and O–H groups in total. The predicted octanol–water partition coefficient (Wildman–Crippen LogP) is 2.44. The normalized spacial score (nSPS) is 12.4. The summed E-state index contributed by atoms with van der Waals surface area (Å²) in [4.78, 5) is 49.5. The summed E-state index contributed by atoms with van der Waals surface area (Å²) >= 11 is 0. The number of nitrogens with zero attached hydrogens (tertiary/aromatic N) is 1. The van der Waals surface area contributed by atoms with E-state index in [-0.39, 0.29) is 18.8 Å². The Bertz CT molecular complexity index is 740. The van der Waals surface area contributed by atoms with E-state index in [0.717, 1.165) is 0 Å². The summed E-state index contributed by atoms with van der Waals surface area (Å²) < 4.78 is 15.3. The van der Waals surface area contributed by atoms with Gasteiger partial charge >= 0.3 is 18.0 Å². The van der Waals surface area contributed by atoms with E-state index in [1.165, 1.54) is 26.0 Å². The zero-order valence-electron chi connectivity index (χ0n) is 17.8. The van der Waals surface area contributed by atoms with E-state index in [1.807, 2.05) is 0 Å². The van der Waals surface area contributed by atoms with Crippen LogP contribution in [0.5, 0.6) is 0 Å². The topological polar surface area (TPSA) is 134 Å². The van der Waals surface area contributed by atoms with Gasteiger partial charge in [-0.15, -0.1) is 0 Å². The molecule has 1 aromatic rings. The number of esters is 2. The van der Waals surface area contributed by atoms with Crippen molar-refractivity contribution in [2.45, 2.75) is 51.7 Å². The van der Waals surface area contributed by atoms with Gasteiger partial charge in [-0.05, 0) is 40.2 Å². The van der Waals surface area contributed by atoms with E-state index in [4.69, 9.17) is 14.2 Å². The van der Waals surface area contributed by atoms with E-state index in [9.17, 15) is 24.5 Å². The Labute approximate surface area is 175 Å². The zero-order valence-corrected chi connectivity index (χ0v) is 17.8. The minimum Gasteiger partial charge on any atom is -0.464 e. The molecule has 0 heterocycles. The Kier molecular flexibility index (Phi) is 8.75. The fraction of sp³-hybridized carbons (Fsp3) is 0.550. The number of rotatable bonds is 9. The SMILES string of the molecule is CCOC(=O)C(NC(=O)OC(C)(C)C)(C(=O)OCC)[C@@H](C[N+](=O)[O-])c1ccccc1. The van der Waals surface area contributed by atoms with E-state index < -0.39 is 46.6 Å². The summed E-state index contributed by atoms with van der Waals surface area (Å²) in [5.74, 6) is -3.77. The van der Waals surface area contributed by atoms with Gasteiger partial charge in [0.2, 0.25) is 6.54 Å². The van der Waals surface area contributed by atoms with Gasteiger partial charge in [0.1, 0.15) is 5.60 Å². The molecule has 166 valence electrons. The molecule has 10 nitrogen and oxygen atoms in total. The number of carbonyl (C=O) groups is 3. The number of benzene rings is 1. The molecule has 0 saturated carbocycles. The fourth-order valence-corrected chi connectivity index (χ4v) is 2.84. The van der Waals surface area contributed by atoms with Crippen LogP contribution < -0.4 is 5.32 Å². The average Bonchev–Trinajstić information content (AvgIpc) is 2.63. The third-order valence-electron chi connectivity index (χ3n) is 3.95. The van der Waals surface area contributed by atoms with Crippen molar-refractivity contribution in [1.29, 1.82) is 0 Å². The second kappa shape index (κ2) is 10.6. The third kappa shape index (κ3) is 6.43. The standard InChI is InChI=1S/C20H28N2O8/c1-6-28-16(23)20(17(24)29-7-2,21-18(25)30-19(3,4)5)15(13-22(26)27)14-11-9-8-10-12-14/h8-12,15H,6-7,13H2,1-5H3,(H,21,25)/t15-/m0/s1. The Balaban J connectivity index is 3.70. The van der Waals surface area contributed by atoms with Crippen LogP contribution in [0.2, 0.25) is 0 Å². The molecular formula is C20H28N2O8. The van der Waals surface area contributed by atoms with Crippen molar-refractivity contribution in [3.8, 4) is 0 Å². The van der Waals surface area contributed by atoms with Gasteiger partial charge in [-0.2, -0.15) is 0 Å². The quantitative estimate of drug-likeness (QED) is 0.210. The summed E-state index contributed by atoms with van der Waals surface area (Å²) in [6.07, 6.45) is -1.12. The molecule has 0 fully saturated rings. The van der Waals surface area contributed by atoms with Gasteiger partial charge in [-0.3, -0.25) is 15.4 Å². The first-order chi connectivity index (χ1) is 14.0. The molecule has 0 radical (unpaired) electrons. The second-order valence-corrected chi connectivity index (χ2v) is 7.35. The van der Waals surface area contributed by atoms with Crippen molar-refractivity contribution in [3.05, 3.63) is 46.0 Å². The number of carbonyl (C=O) groups excluding carboxylic acids is 3. The van der Waals surface area contributed by atoms with Crippen molar-refractivity contribution < 1.29 is 33.5 Å². The minimum atomic E-state index is -2.53. The first-order valence-electron chi connectivity index (χ1n) is 9.50. The molecule has 0 spiro atoms. The Morgan fingerprint density at radius 3 is 1.93 bits per heavy atom. The van der Waals surface area contributed by atoms with E-state index in [2.05, 4.69) is 5.32 Å². The minimum absolute atomic E-state index is 0.129. The molecule has 0 aliphatic heterocycles. The number of alkyl carbamates (subject to hydrolysis) is 1. The lowest BCUT2D eigenvalue weighted by Gasteiger charge is -2.35. The lowest BCUT2D eigenvalue weighted by molar-refractivity contribution is -0.484. The van der Waals surface area contributed by atoms with Gasteiger partial charge in [0, 0.05) is 4.92 Å². The summed E-state index contributed by atoms with van der Waals surface area (Å²) in [5.41, 5.74) is -3.21. The second-order valence-electron chi connectivity index (χ2n) is 7.35. The molecule has 1 amide bonds. The molecular weight excluding hydrogens is 396 g/mol. The molecule has 0 aliphatic carbocycles. The van der Waals surface area contributed by atoms with Crippen molar-refractivity contribution in [3.63, 3.8) is 0 Å².